The van der Waals surface area contributed by atoms with Gasteiger partial charge in [-0.2, -0.15) is 0 Å². The van der Waals surface area contributed by atoms with Crippen molar-refractivity contribution in [2.24, 2.45) is 16.8 Å². The minimum atomic E-state index is -0.249. The first-order valence-electron chi connectivity index (χ1n) is 9.76. The molecule has 6 heteroatoms. The van der Waals surface area contributed by atoms with E-state index in [1.165, 1.54) is 25.7 Å². The Morgan fingerprint density at radius 1 is 1.33 bits per heavy atom. The molecule has 0 bridgehead atoms. The third-order valence-electron chi connectivity index (χ3n) is 5.88. The molecule has 5 nitrogen and oxygen atoms in total. The molecule has 1 fully saturated rings. The molecule has 0 aromatic heterocycles. The second-order valence-electron chi connectivity index (χ2n) is 7.87. The Morgan fingerprint density at radius 3 is 2.70 bits per heavy atom. The summed E-state index contributed by atoms with van der Waals surface area (Å²) in [7, 11) is 2.10. The Morgan fingerprint density at radius 2 is 2.04 bits per heavy atom. The number of rotatable bonds is 5. The summed E-state index contributed by atoms with van der Waals surface area (Å²) in [5, 5.41) is 2.94. The summed E-state index contributed by atoms with van der Waals surface area (Å²) in [6, 6.07) is 6.31. The molecular formula is C21H28BrN3O2. The zero-order valence-corrected chi connectivity index (χ0v) is 17.9. The van der Waals surface area contributed by atoms with Gasteiger partial charge in [-0.3, -0.25) is 9.59 Å². The predicted molar refractivity (Wildman–Crippen MR) is 113 cm³/mol. The molecule has 1 aliphatic carbocycles. The van der Waals surface area contributed by atoms with Gasteiger partial charge in [0, 0.05) is 25.3 Å². The second kappa shape index (κ2) is 8.55. The van der Waals surface area contributed by atoms with Gasteiger partial charge in [-0.15, -0.1) is 0 Å². The molecule has 0 spiro atoms. The van der Waals surface area contributed by atoms with E-state index in [9.17, 15) is 9.59 Å². The van der Waals surface area contributed by atoms with Crippen LogP contribution < -0.4 is 10.2 Å². The minimum absolute atomic E-state index is 0.125. The fraction of sp³-hybridized carbons (Fsp3) is 0.571. The van der Waals surface area contributed by atoms with Gasteiger partial charge < -0.3 is 10.2 Å². The number of aliphatic imine (C=N–C) groups is 1. The van der Waals surface area contributed by atoms with Gasteiger partial charge >= 0.3 is 0 Å². The van der Waals surface area contributed by atoms with Crippen LogP contribution in [0, 0.1) is 11.8 Å². The average molecular weight is 434 g/mol. The molecule has 2 aliphatic rings. The first kappa shape index (κ1) is 20.1. The van der Waals surface area contributed by atoms with Gasteiger partial charge in [-0.05, 0) is 60.2 Å². The van der Waals surface area contributed by atoms with Gasteiger partial charge in [0.2, 0.25) is 0 Å². The summed E-state index contributed by atoms with van der Waals surface area (Å²) >= 11 is 3.64. The zero-order chi connectivity index (χ0) is 19.6. The predicted octanol–water partition coefficient (Wildman–Crippen LogP) is 4.20. The van der Waals surface area contributed by atoms with Crippen LogP contribution in [0.25, 0.3) is 0 Å². The number of hydrogen-bond acceptors (Lipinski definition) is 3. The molecule has 3 rings (SSSR count). The van der Waals surface area contributed by atoms with E-state index in [4.69, 9.17) is 0 Å². The largest absolute Gasteiger partial charge is 0.371 e. The molecule has 2 unspecified atom stereocenters. The molecule has 27 heavy (non-hydrogen) atoms. The lowest BCUT2D eigenvalue weighted by molar-refractivity contribution is -0.123. The summed E-state index contributed by atoms with van der Waals surface area (Å²) in [6.45, 7) is 4.25. The normalized spacial score (nSPS) is 23.3. The van der Waals surface area contributed by atoms with E-state index in [1.807, 2.05) is 32.0 Å². The standard InChI is InChI=1S/C21H28BrN3O2/c1-13-11-14(2)24-21(27)17(13)12-23-20(26)16-9-6-10-18(19(16)22)25(3)15-7-4-5-8-15/h6,9-10,13,15,17H,4-5,7-8,11-12H2,1-3H3,(H,23,26). The fourth-order valence-electron chi connectivity index (χ4n) is 4.21. The Bertz CT molecular complexity index is 756. The summed E-state index contributed by atoms with van der Waals surface area (Å²) in [5.74, 6) is -0.338. The molecule has 1 aromatic rings. The number of nitrogens with one attached hydrogen (secondary N) is 1. The van der Waals surface area contributed by atoms with Gasteiger partial charge in [0.25, 0.3) is 11.8 Å². The Labute approximate surface area is 169 Å². The van der Waals surface area contributed by atoms with Crippen molar-refractivity contribution in [3.8, 4) is 0 Å². The molecule has 2 amide bonds. The fourth-order valence-corrected chi connectivity index (χ4v) is 4.93. The van der Waals surface area contributed by atoms with Crippen LogP contribution in [0.5, 0.6) is 0 Å². The molecular weight excluding hydrogens is 406 g/mol. The number of benzene rings is 1. The second-order valence-corrected chi connectivity index (χ2v) is 8.66. The molecule has 1 N–H and O–H groups in total. The van der Waals surface area contributed by atoms with Crippen molar-refractivity contribution >= 4 is 39.1 Å². The van der Waals surface area contributed by atoms with Crippen molar-refractivity contribution in [1.82, 2.24) is 5.32 Å². The van der Waals surface area contributed by atoms with Crippen molar-refractivity contribution in [3.05, 3.63) is 28.2 Å². The highest BCUT2D eigenvalue weighted by Gasteiger charge is 2.30. The Hall–Kier alpha value is -1.69. The molecule has 1 aromatic carbocycles. The molecule has 146 valence electrons. The summed E-state index contributed by atoms with van der Waals surface area (Å²) in [5.41, 5.74) is 2.52. The van der Waals surface area contributed by atoms with Gasteiger partial charge in [0.05, 0.1) is 21.6 Å². The van der Waals surface area contributed by atoms with Crippen LogP contribution in [0.15, 0.2) is 27.7 Å². The highest BCUT2D eigenvalue weighted by Crippen LogP contribution is 2.34. The molecule has 1 aliphatic heterocycles. The SMILES string of the molecule is CC1=NC(=O)C(CNC(=O)c2cccc(N(C)C3CCCC3)c2Br)C(C)C1. The van der Waals surface area contributed by atoms with E-state index >= 15 is 0 Å². The maximum atomic E-state index is 12.8. The molecule has 1 heterocycles. The van der Waals surface area contributed by atoms with Crippen molar-refractivity contribution in [1.29, 1.82) is 0 Å². The number of carbonyl (C=O) groups is 2. The minimum Gasteiger partial charge on any atom is -0.371 e. The van der Waals surface area contributed by atoms with E-state index in [2.05, 4.69) is 38.2 Å². The number of anilines is 1. The monoisotopic (exact) mass is 433 g/mol. The zero-order valence-electron chi connectivity index (χ0n) is 16.3. The number of hydrogen-bond donors (Lipinski definition) is 1. The van der Waals surface area contributed by atoms with E-state index < -0.39 is 0 Å². The van der Waals surface area contributed by atoms with Crippen LogP contribution in [0.2, 0.25) is 0 Å². The van der Waals surface area contributed by atoms with Gasteiger partial charge in [-0.25, -0.2) is 4.99 Å². The summed E-state index contributed by atoms with van der Waals surface area (Å²) < 4.78 is 0.814. The Kier molecular flexibility index (Phi) is 6.35. The number of carbonyl (C=O) groups excluding carboxylic acids is 2. The van der Waals surface area contributed by atoms with Crippen LogP contribution in [0.4, 0.5) is 5.69 Å². The number of nitrogens with zero attached hydrogens (tertiary/aromatic N) is 2. The van der Waals surface area contributed by atoms with Crippen molar-refractivity contribution in [3.63, 3.8) is 0 Å². The highest BCUT2D eigenvalue weighted by atomic mass is 79.9. The maximum Gasteiger partial charge on any atom is 0.252 e. The van der Waals surface area contributed by atoms with Crippen molar-refractivity contribution < 1.29 is 9.59 Å². The summed E-state index contributed by atoms with van der Waals surface area (Å²) in [4.78, 5) is 31.3. The number of amides is 2. The van der Waals surface area contributed by atoms with E-state index in [0.717, 1.165) is 22.3 Å². The highest BCUT2D eigenvalue weighted by molar-refractivity contribution is 9.10. The molecule has 1 saturated carbocycles. The molecule has 0 saturated heterocycles. The van der Waals surface area contributed by atoms with Crippen LogP contribution in [-0.4, -0.2) is 37.2 Å². The quantitative estimate of drug-likeness (QED) is 0.756. The lowest BCUT2D eigenvalue weighted by Gasteiger charge is -2.28. The van der Waals surface area contributed by atoms with Crippen LogP contribution in [0.1, 0.15) is 56.3 Å². The van der Waals surface area contributed by atoms with Crippen molar-refractivity contribution in [2.45, 2.75) is 52.0 Å². The van der Waals surface area contributed by atoms with E-state index in [1.54, 1.807) is 0 Å². The molecule has 0 radical (unpaired) electrons. The summed E-state index contributed by atoms with van der Waals surface area (Å²) in [6.07, 6.45) is 5.73. The number of halogens is 1. The first-order chi connectivity index (χ1) is 12.9. The lowest BCUT2D eigenvalue weighted by atomic mass is 9.86. The maximum absolute atomic E-state index is 12.8. The van der Waals surface area contributed by atoms with Crippen molar-refractivity contribution in [2.75, 3.05) is 18.5 Å². The average Bonchev–Trinajstić information content (AvgIpc) is 3.15. The smallest absolute Gasteiger partial charge is 0.252 e. The van der Waals surface area contributed by atoms with E-state index in [0.29, 0.717) is 18.2 Å². The Balaban J connectivity index is 1.70. The third-order valence-corrected chi connectivity index (χ3v) is 6.71. The van der Waals surface area contributed by atoms with Crippen LogP contribution in [-0.2, 0) is 4.79 Å². The van der Waals surface area contributed by atoms with Gasteiger partial charge in [0.1, 0.15) is 0 Å². The first-order valence-corrected chi connectivity index (χ1v) is 10.5. The van der Waals surface area contributed by atoms with Crippen LogP contribution >= 0.6 is 15.9 Å². The van der Waals surface area contributed by atoms with Crippen LogP contribution in [0.3, 0.4) is 0 Å². The van der Waals surface area contributed by atoms with E-state index in [-0.39, 0.29) is 23.7 Å². The third kappa shape index (κ3) is 4.42. The topological polar surface area (TPSA) is 61.8 Å². The molecule has 2 atom stereocenters. The van der Waals surface area contributed by atoms with Gasteiger partial charge in [0.15, 0.2) is 0 Å². The van der Waals surface area contributed by atoms with Gasteiger partial charge in [-0.1, -0.05) is 25.8 Å². The lowest BCUT2D eigenvalue weighted by Crippen LogP contribution is -2.38.